The number of nitrogens with one attached hydrogen (secondary N) is 1. The molecule has 3 aromatic rings. The summed E-state index contributed by atoms with van der Waals surface area (Å²) >= 11 is -2.33. The molecule has 31 heavy (non-hydrogen) atoms. The van der Waals surface area contributed by atoms with Crippen molar-refractivity contribution in [3.05, 3.63) is 54.2 Å². The SMILES string of the molecule is CC(C)N1CCOc2c(F)cc(-c3nc(Nc4ccc(S(=O)[O-])cc4)ncc3F)cc21. The first kappa shape index (κ1) is 21.1. The zero-order valence-corrected chi connectivity index (χ0v) is 17.6. The maximum absolute atomic E-state index is 14.8. The number of ether oxygens (including phenoxy) is 1. The molecule has 1 unspecified atom stereocenters. The molecule has 1 N–H and O–H groups in total. The van der Waals surface area contributed by atoms with Gasteiger partial charge in [0.1, 0.15) is 12.3 Å². The molecular weight excluding hydrogens is 426 g/mol. The summed E-state index contributed by atoms with van der Waals surface area (Å²) in [6.45, 7) is 4.94. The summed E-state index contributed by atoms with van der Waals surface area (Å²) in [5.41, 5.74) is 1.26. The topological polar surface area (TPSA) is 90.4 Å². The average Bonchev–Trinajstić information content (AvgIpc) is 2.75. The first-order valence-corrected chi connectivity index (χ1v) is 10.6. The van der Waals surface area contributed by atoms with E-state index in [-0.39, 0.29) is 33.9 Å². The smallest absolute Gasteiger partial charge is 0.227 e. The van der Waals surface area contributed by atoms with Crippen molar-refractivity contribution in [2.45, 2.75) is 24.8 Å². The molecule has 0 fully saturated rings. The van der Waals surface area contributed by atoms with Gasteiger partial charge in [-0.15, -0.1) is 0 Å². The minimum Gasteiger partial charge on any atom is -0.768 e. The van der Waals surface area contributed by atoms with Gasteiger partial charge in [-0.25, -0.2) is 18.7 Å². The van der Waals surface area contributed by atoms with E-state index in [4.69, 9.17) is 4.74 Å². The molecule has 7 nitrogen and oxygen atoms in total. The lowest BCUT2D eigenvalue weighted by Gasteiger charge is -2.34. The van der Waals surface area contributed by atoms with Crippen molar-refractivity contribution in [2.75, 3.05) is 23.4 Å². The molecule has 0 spiro atoms. The Balaban J connectivity index is 1.69. The number of nitrogens with zero attached hydrogens (tertiary/aromatic N) is 3. The summed E-state index contributed by atoms with van der Waals surface area (Å²) < 4.78 is 56.8. The number of aromatic nitrogens is 2. The number of anilines is 3. The van der Waals surface area contributed by atoms with Gasteiger partial charge in [0.2, 0.25) is 5.95 Å². The van der Waals surface area contributed by atoms with Crippen molar-refractivity contribution in [1.82, 2.24) is 9.97 Å². The second-order valence-corrected chi connectivity index (χ2v) is 8.16. The Bertz CT molecular complexity index is 1140. The Morgan fingerprint density at radius 3 is 2.61 bits per heavy atom. The lowest BCUT2D eigenvalue weighted by molar-refractivity contribution is 0.287. The summed E-state index contributed by atoms with van der Waals surface area (Å²) in [6, 6.07) is 8.85. The summed E-state index contributed by atoms with van der Waals surface area (Å²) in [5.74, 6) is -1.06. The number of halogens is 2. The monoisotopic (exact) mass is 445 g/mol. The highest BCUT2D eigenvalue weighted by Crippen LogP contribution is 2.39. The first-order valence-electron chi connectivity index (χ1n) is 9.55. The number of fused-ring (bicyclic) bond motifs is 1. The highest BCUT2D eigenvalue weighted by Gasteiger charge is 2.25. The molecule has 1 aliphatic rings. The van der Waals surface area contributed by atoms with E-state index in [9.17, 15) is 17.5 Å². The predicted octanol–water partition coefficient (Wildman–Crippen LogP) is 4.01. The molecule has 10 heteroatoms. The van der Waals surface area contributed by atoms with Crippen molar-refractivity contribution >= 4 is 28.4 Å². The van der Waals surface area contributed by atoms with Crippen LogP contribution >= 0.6 is 0 Å². The van der Waals surface area contributed by atoms with E-state index in [1.54, 1.807) is 6.07 Å². The first-order chi connectivity index (χ1) is 14.8. The molecule has 0 saturated heterocycles. The van der Waals surface area contributed by atoms with Crippen molar-refractivity contribution in [3.8, 4) is 17.0 Å². The number of hydrogen-bond donors (Lipinski definition) is 1. The summed E-state index contributed by atoms with van der Waals surface area (Å²) in [5, 5.41) is 2.89. The molecule has 1 aliphatic heterocycles. The van der Waals surface area contributed by atoms with E-state index in [0.29, 0.717) is 24.5 Å². The molecule has 2 aromatic carbocycles. The summed E-state index contributed by atoms with van der Waals surface area (Å²) in [6.07, 6.45) is 1.000. The molecule has 0 aliphatic carbocycles. The van der Waals surface area contributed by atoms with Gasteiger partial charge < -0.3 is 19.5 Å². The largest absolute Gasteiger partial charge is 0.768 e. The van der Waals surface area contributed by atoms with Gasteiger partial charge >= 0.3 is 0 Å². The van der Waals surface area contributed by atoms with E-state index < -0.39 is 22.7 Å². The summed E-state index contributed by atoms with van der Waals surface area (Å²) in [7, 11) is 0. The Hall–Kier alpha value is -3.11. The predicted molar refractivity (Wildman–Crippen MR) is 112 cm³/mol. The van der Waals surface area contributed by atoms with Crippen molar-refractivity contribution in [2.24, 2.45) is 0 Å². The highest BCUT2D eigenvalue weighted by molar-refractivity contribution is 7.79. The minimum absolute atomic E-state index is 0.0641. The Labute approximate surface area is 180 Å². The maximum atomic E-state index is 14.8. The Kier molecular flexibility index (Phi) is 5.84. The van der Waals surface area contributed by atoms with Crippen LogP contribution in [0.1, 0.15) is 13.8 Å². The third-order valence-electron chi connectivity index (χ3n) is 4.86. The van der Waals surface area contributed by atoms with Crippen LogP contribution in [0.5, 0.6) is 5.75 Å². The van der Waals surface area contributed by atoms with Gasteiger partial charge in [0.05, 0.1) is 18.4 Å². The molecule has 162 valence electrons. The second kappa shape index (κ2) is 8.56. The molecule has 2 heterocycles. The number of hydrogen-bond acceptors (Lipinski definition) is 7. The van der Waals surface area contributed by atoms with E-state index in [1.807, 2.05) is 18.7 Å². The van der Waals surface area contributed by atoms with Crippen molar-refractivity contribution < 1.29 is 22.3 Å². The Morgan fingerprint density at radius 2 is 1.94 bits per heavy atom. The fraction of sp³-hybridized carbons (Fsp3) is 0.238. The van der Waals surface area contributed by atoms with Crippen molar-refractivity contribution in [3.63, 3.8) is 0 Å². The maximum Gasteiger partial charge on any atom is 0.227 e. The molecular formula is C21H19F2N4O3S-. The van der Waals surface area contributed by atoms with Gasteiger partial charge in [-0.2, -0.15) is 0 Å². The van der Waals surface area contributed by atoms with Crippen LogP contribution in [0.4, 0.5) is 26.1 Å². The van der Waals surface area contributed by atoms with Gasteiger partial charge in [0, 0.05) is 22.2 Å². The van der Waals surface area contributed by atoms with Crippen LogP contribution in [-0.4, -0.2) is 37.9 Å². The van der Waals surface area contributed by atoms with E-state index >= 15 is 0 Å². The normalized spacial score (nSPS) is 14.2. The van der Waals surface area contributed by atoms with Crippen LogP contribution in [0.25, 0.3) is 11.3 Å². The standard InChI is InChI=1S/C21H20F2N4O3S/c1-12(2)27-7-8-30-20-16(22)9-13(10-18(20)27)19-17(23)11-24-21(26-19)25-14-3-5-15(6-4-14)31(28)29/h3-6,9-12H,7-8H2,1-2H3,(H,28,29)(H,24,25,26)/p-1. The second-order valence-electron chi connectivity index (χ2n) is 7.22. The van der Waals surface area contributed by atoms with Crippen LogP contribution in [0.2, 0.25) is 0 Å². The quantitative estimate of drug-likeness (QED) is 0.594. The molecule has 0 amide bonds. The average molecular weight is 445 g/mol. The molecule has 0 saturated carbocycles. The number of benzene rings is 2. The Morgan fingerprint density at radius 1 is 1.19 bits per heavy atom. The zero-order valence-electron chi connectivity index (χ0n) is 16.8. The highest BCUT2D eigenvalue weighted by atomic mass is 32.2. The molecule has 0 radical (unpaired) electrons. The fourth-order valence-electron chi connectivity index (χ4n) is 3.38. The van der Waals surface area contributed by atoms with Gasteiger partial charge in [0.25, 0.3) is 0 Å². The van der Waals surface area contributed by atoms with Gasteiger partial charge in [0.15, 0.2) is 17.4 Å². The van der Waals surface area contributed by atoms with Gasteiger partial charge in [-0.05, 0) is 61.3 Å². The molecule has 1 atom stereocenters. The van der Waals surface area contributed by atoms with Gasteiger partial charge in [-0.1, -0.05) is 0 Å². The van der Waals surface area contributed by atoms with E-state index in [0.717, 1.165) is 6.20 Å². The lowest BCUT2D eigenvalue weighted by Crippen LogP contribution is -2.38. The third-order valence-corrected chi connectivity index (χ3v) is 5.51. The molecule has 4 rings (SSSR count). The van der Waals surface area contributed by atoms with Crippen LogP contribution in [0.3, 0.4) is 0 Å². The third kappa shape index (κ3) is 4.35. The van der Waals surface area contributed by atoms with Crippen LogP contribution < -0.4 is 15.0 Å². The number of rotatable bonds is 5. The molecule has 1 aromatic heterocycles. The minimum atomic E-state index is -2.33. The van der Waals surface area contributed by atoms with Crippen LogP contribution in [0.15, 0.2) is 47.5 Å². The van der Waals surface area contributed by atoms with E-state index in [1.165, 1.54) is 30.3 Å². The van der Waals surface area contributed by atoms with E-state index in [2.05, 4.69) is 15.3 Å². The van der Waals surface area contributed by atoms with Crippen LogP contribution in [-0.2, 0) is 11.1 Å². The lowest BCUT2D eigenvalue weighted by atomic mass is 10.1. The summed E-state index contributed by atoms with van der Waals surface area (Å²) in [4.78, 5) is 10.3. The molecule has 0 bridgehead atoms. The zero-order chi connectivity index (χ0) is 22.1. The van der Waals surface area contributed by atoms with Crippen LogP contribution in [0, 0.1) is 11.6 Å². The van der Waals surface area contributed by atoms with Gasteiger partial charge in [-0.3, -0.25) is 4.21 Å². The van der Waals surface area contributed by atoms with Crippen molar-refractivity contribution in [1.29, 1.82) is 0 Å². The fourth-order valence-corrected chi connectivity index (χ4v) is 3.74.